The predicted octanol–water partition coefficient (Wildman–Crippen LogP) is 3.92. The fourth-order valence-electron chi connectivity index (χ4n) is 1.42. The Kier molecular flexibility index (Phi) is 6.77. The van der Waals surface area contributed by atoms with Crippen molar-refractivity contribution >= 4 is 26.2 Å². The first-order valence-electron chi connectivity index (χ1n) is 5.52. The summed E-state index contributed by atoms with van der Waals surface area (Å²) in [6, 6.07) is 19.4. The normalized spacial score (nSPS) is 9.67. The Bertz CT molecular complexity index is 395. The summed E-state index contributed by atoms with van der Waals surface area (Å²) in [5.74, 6) is 1.63. The first-order valence-corrected chi connectivity index (χ1v) is 6.33. The van der Waals surface area contributed by atoms with Gasteiger partial charge in [0.25, 0.3) is 0 Å². The van der Waals surface area contributed by atoms with Gasteiger partial charge in [-0.05, 0) is 24.3 Å². The number of ether oxygens (including phenoxy) is 2. The summed E-state index contributed by atoms with van der Waals surface area (Å²) in [6.07, 6.45) is 0.425. The molecule has 0 saturated heterocycles. The minimum atomic E-state index is -0.287. The van der Waals surface area contributed by atoms with Crippen molar-refractivity contribution in [3.63, 3.8) is 0 Å². The standard InChI is InChI=1S/C14H15O2P.BrH/c17-11-14(15-12-7-3-1-4-8-12)16-13-9-5-2-6-10-13;/h1-10,14H,11,17H2;1H. The van der Waals surface area contributed by atoms with Crippen molar-refractivity contribution in [3.8, 4) is 11.5 Å². The topological polar surface area (TPSA) is 18.5 Å². The fraction of sp³-hybridized carbons (Fsp3) is 0.143. The lowest BCUT2D eigenvalue weighted by molar-refractivity contribution is 0.0263. The second kappa shape index (κ2) is 8.12. The van der Waals surface area contributed by atoms with Crippen molar-refractivity contribution in [2.24, 2.45) is 0 Å². The van der Waals surface area contributed by atoms with Gasteiger partial charge in [-0.15, -0.1) is 26.2 Å². The number of para-hydroxylation sites is 2. The predicted molar refractivity (Wildman–Crippen MR) is 82.8 cm³/mol. The third kappa shape index (κ3) is 4.67. The molecular weight excluding hydrogens is 311 g/mol. The molecule has 2 aromatic rings. The Morgan fingerprint density at radius 1 is 0.778 bits per heavy atom. The lowest BCUT2D eigenvalue weighted by atomic mass is 10.3. The Morgan fingerprint density at radius 2 is 1.17 bits per heavy atom. The van der Waals surface area contributed by atoms with Crippen LogP contribution in [0.4, 0.5) is 0 Å². The molecule has 0 aliphatic heterocycles. The van der Waals surface area contributed by atoms with Gasteiger partial charge >= 0.3 is 0 Å². The van der Waals surface area contributed by atoms with Crippen LogP contribution < -0.4 is 9.47 Å². The maximum absolute atomic E-state index is 5.72. The molecule has 2 nitrogen and oxygen atoms in total. The second-order valence-corrected chi connectivity index (χ2v) is 4.00. The Morgan fingerprint density at radius 3 is 1.50 bits per heavy atom. The molecule has 0 spiro atoms. The molecule has 0 radical (unpaired) electrons. The summed E-state index contributed by atoms with van der Waals surface area (Å²) in [5, 5.41) is 0. The molecule has 1 unspecified atom stereocenters. The molecular formula is C14H16BrO2P. The highest BCUT2D eigenvalue weighted by atomic mass is 79.9. The number of hydrogen-bond acceptors (Lipinski definition) is 2. The molecule has 0 N–H and O–H groups in total. The summed E-state index contributed by atoms with van der Waals surface area (Å²) >= 11 is 0. The van der Waals surface area contributed by atoms with Gasteiger partial charge in [-0.2, -0.15) is 0 Å². The van der Waals surface area contributed by atoms with Crippen LogP contribution in [-0.2, 0) is 0 Å². The zero-order chi connectivity index (χ0) is 11.9. The average molecular weight is 327 g/mol. The van der Waals surface area contributed by atoms with E-state index in [0.717, 1.165) is 11.5 Å². The van der Waals surface area contributed by atoms with E-state index in [1.807, 2.05) is 60.7 Å². The van der Waals surface area contributed by atoms with Crippen LogP contribution in [0.15, 0.2) is 60.7 Å². The minimum absolute atomic E-state index is 0. The van der Waals surface area contributed by atoms with Crippen LogP contribution in [0.25, 0.3) is 0 Å². The molecule has 0 heterocycles. The van der Waals surface area contributed by atoms with Gasteiger partial charge in [-0.1, -0.05) is 36.4 Å². The van der Waals surface area contributed by atoms with Crippen LogP contribution in [0, 0.1) is 0 Å². The first kappa shape index (κ1) is 15.0. The van der Waals surface area contributed by atoms with Gasteiger partial charge in [-0.3, -0.25) is 0 Å². The molecule has 1 atom stereocenters. The van der Waals surface area contributed by atoms with Crippen LogP contribution in [0.5, 0.6) is 11.5 Å². The molecule has 0 aliphatic carbocycles. The molecule has 18 heavy (non-hydrogen) atoms. The van der Waals surface area contributed by atoms with E-state index >= 15 is 0 Å². The summed E-state index contributed by atoms with van der Waals surface area (Å²) < 4.78 is 11.4. The highest BCUT2D eigenvalue weighted by molar-refractivity contribution is 8.93. The third-order valence-electron chi connectivity index (χ3n) is 2.21. The van der Waals surface area contributed by atoms with Crippen LogP contribution in [-0.4, -0.2) is 12.5 Å². The fourth-order valence-corrected chi connectivity index (χ4v) is 1.61. The zero-order valence-corrected chi connectivity index (χ0v) is 12.7. The van der Waals surface area contributed by atoms with Crippen molar-refractivity contribution in [3.05, 3.63) is 60.7 Å². The van der Waals surface area contributed by atoms with Gasteiger partial charge in [0.2, 0.25) is 6.29 Å². The van der Waals surface area contributed by atoms with Crippen molar-refractivity contribution in [1.82, 2.24) is 0 Å². The number of benzene rings is 2. The van der Waals surface area contributed by atoms with Gasteiger partial charge in [0.1, 0.15) is 11.5 Å². The first-order chi connectivity index (χ1) is 8.38. The molecule has 0 amide bonds. The van der Waals surface area contributed by atoms with Gasteiger partial charge in [0.15, 0.2) is 0 Å². The smallest absolute Gasteiger partial charge is 0.244 e. The summed E-state index contributed by atoms with van der Waals surface area (Å²) in [6.45, 7) is 0. The van der Waals surface area contributed by atoms with E-state index in [0.29, 0.717) is 6.16 Å². The van der Waals surface area contributed by atoms with E-state index in [9.17, 15) is 0 Å². The molecule has 4 heteroatoms. The zero-order valence-electron chi connectivity index (χ0n) is 9.86. The van der Waals surface area contributed by atoms with E-state index in [1.54, 1.807) is 0 Å². The van der Waals surface area contributed by atoms with E-state index in [1.165, 1.54) is 0 Å². The summed E-state index contributed by atoms with van der Waals surface area (Å²) in [5.41, 5.74) is 0. The lowest BCUT2D eigenvalue weighted by Gasteiger charge is -2.18. The van der Waals surface area contributed by atoms with Crippen LogP contribution in [0.3, 0.4) is 0 Å². The quantitative estimate of drug-likeness (QED) is 0.612. The van der Waals surface area contributed by atoms with E-state index < -0.39 is 0 Å². The molecule has 0 bridgehead atoms. The summed E-state index contributed by atoms with van der Waals surface area (Å²) in [7, 11) is 2.63. The molecule has 0 fully saturated rings. The Labute approximate surface area is 120 Å². The highest BCUT2D eigenvalue weighted by Crippen LogP contribution is 2.16. The molecule has 2 aromatic carbocycles. The van der Waals surface area contributed by atoms with Crippen molar-refractivity contribution in [1.29, 1.82) is 0 Å². The Hall–Kier alpha value is -1.05. The maximum Gasteiger partial charge on any atom is 0.244 e. The maximum atomic E-state index is 5.72. The van der Waals surface area contributed by atoms with Crippen molar-refractivity contribution < 1.29 is 9.47 Å². The third-order valence-corrected chi connectivity index (χ3v) is 2.60. The highest BCUT2D eigenvalue weighted by Gasteiger charge is 2.09. The Balaban J connectivity index is 0.00000162. The second-order valence-electron chi connectivity index (χ2n) is 3.53. The molecule has 0 saturated carbocycles. The molecule has 0 aliphatic rings. The lowest BCUT2D eigenvalue weighted by Crippen LogP contribution is -2.25. The van der Waals surface area contributed by atoms with Crippen molar-refractivity contribution in [2.45, 2.75) is 6.29 Å². The SMILES string of the molecule is Br.PCC(Oc1ccccc1)Oc1ccccc1. The average Bonchev–Trinajstić information content (AvgIpc) is 2.40. The van der Waals surface area contributed by atoms with E-state index in [-0.39, 0.29) is 23.3 Å². The number of halogens is 1. The van der Waals surface area contributed by atoms with Gasteiger partial charge in [0.05, 0.1) is 0 Å². The van der Waals surface area contributed by atoms with Crippen LogP contribution in [0.2, 0.25) is 0 Å². The largest absolute Gasteiger partial charge is 0.455 e. The minimum Gasteiger partial charge on any atom is -0.455 e. The van der Waals surface area contributed by atoms with E-state index in [2.05, 4.69) is 9.24 Å². The number of rotatable bonds is 5. The van der Waals surface area contributed by atoms with E-state index in [4.69, 9.17) is 9.47 Å². The molecule has 0 aromatic heterocycles. The van der Waals surface area contributed by atoms with Crippen LogP contribution in [0.1, 0.15) is 0 Å². The van der Waals surface area contributed by atoms with Gasteiger partial charge in [-0.25, -0.2) is 0 Å². The van der Waals surface area contributed by atoms with Crippen LogP contribution >= 0.6 is 26.2 Å². The number of hydrogen-bond donors (Lipinski definition) is 0. The summed E-state index contributed by atoms with van der Waals surface area (Å²) in [4.78, 5) is 0. The van der Waals surface area contributed by atoms with Gasteiger partial charge in [0, 0.05) is 6.16 Å². The molecule has 2 rings (SSSR count). The van der Waals surface area contributed by atoms with Crippen molar-refractivity contribution in [2.75, 3.05) is 6.16 Å². The monoisotopic (exact) mass is 326 g/mol. The van der Waals surface area contributed by atoms with Gasteiger partial charge < -0.3 is 9.47 Å². The molecule has 96 valence electrons.